The van der Waals surface area contributed by atoms with Gasteiger partial charge in [0, 0.05) is 0 Å². The molecule has 210 valence electrons. The normalized spacial score (nSPS) is 29.4. The highest BCUT2D eigenvalue weighted by atomic mass is 16.6. The van der Waals surface area contributed by atoms with Crippen molar-refractivity contribution in [2.24, 2.45) is 17.8 Å². The summed E-state index contributed by atoms with van der Waals surface area (Å²) in [5.41, 5.74) is 4.42. The van der Waals surface area contributed by atoms with E-state index in [1.807, 2.05) is 0 Å². The highest BCUT2D eigenvalue weighted by Gasteiger charge is 2.44. The maximum absolute atomic E-state index is 6.62. The molecule has 0 spiro atoms. The zero-order chi connectivity index (χ0) is 26.4. The number of benzene rings is 1. The molecule has 4 heteroatoms. The van der Waals surface area contributed by atoms with Crippen LogP contribution in [0.5, 0.6) is 5.75 Å². The fourth-order valence-corrected chi connectivity index (χ4v) is 6.83. The molecule has 2 saturated heterocycles. The van der Waals surface area contributed by atoms with E-state index in [0.29, 0.717) is 36.6 Å². The second kappa shape index (κ2) is 13.3. The van der Waals surface area contributed by atoms with E-state index in [0.717, 1.165) is 51.3 Å². The summed E-state index contributed by atoms with van der Waals surface area (Å²) in [5, 5.41) is 0. The SMILES string of the molecule is CCCc1cc(C(C)(C)C2CC(CCC)C(OCC3CO3)C(CCC)C2)cc(CCC)c1OCC1CO1. The molecule has 4 atom stereocenters. The van der Waals surface area contributed by atoms with Crippen LogP contribution in [0.2, 0.25) is 0 Å². The van der Waals surface area contributed by atoms with E-state index in [1.54, 1.807) is 0 Å². The van der Waals surface area contributed by atoms with Gasteiger partial charge in [0.05, 0.1) is 25.9 Å². The van der Waals surface area contributed by atoms with Gasteiger partial charge in [0.25, 0.3) is 0 Å². The van der Waals surface area contributed by atoms with Crippen LogP contribution in [-0.4, -0.2) is 44.7 Å². The van der Waals surface area contributed by atoms with Gasteiger partial charge in [-0.3, -0.25) is 0 Å². The van der Waals surface area contributed by atoms with E-state index in [-0.39, 0.29) is 11.5 Å². The fourth-order valence-electron chi connectivity index (χ4n) is 6.83. The highest BCUT2D eigenvalue weighted by Crippen LogP contribution is 2.49. The molecule has 1 aliphatic carbocycles. The molecule has 4 nitrogen and oxygen atoms in total. The van der Waals surface area contributed by atoms with Gasteiger partial charge in [-0.2, -0.15) is 0 Å². The van der Waals surface area contributed by atoms with E-state index in [9.17, 15) is 0 Å². The van der Waals surface area contributed by atoms with Crippen molar-refractivity contribution in [3.8, 4) is 5.75 Å². The molecule has 2 heterocycles. The Labute approximate surface area is 227 Å². The third-order valence-electron chi connectivity index (χ3n) is 9.16. The van der Waals surface area contributed by atoms with Crippen LogP contribution < -0.4 is 4.74 Å². The first-order valence-corrected chi connectivity index (χ1v) is 15.5. The van der Waals surface area contributed by atoms with Crippen molar-refractivity contribution in [1.29, 1.82) is 0 Å². The second-order valence-electron chi connectivity index (χ2n) is 12.6. The number of aryl methyl sites for hydroxylation is 2. The molecule has 3 aliphatic rings. The maximum Gasteiger partial charge on any atom is 0.125 e. The lowest BCUT2D eigenvalue weighted by atomic mass is 9.60. The predicted octanol–water partition coefficient (Wildman–Crippen LogP) is 7.67. The molecule has 0 aromatic heterocycles. The van der Waals surface area contributed by atoms with Crippen molar-refractivity contribution in [1.82, 2.24) is 0 Å². The summed E-state index contributed by atoms with van der Waals surface area (Å²) in [6.07, 6.45) is 13.0. The zero-order valence-corrected chi connectivity index (χ0v) is 24.7. The Morgan fingerprint density at radius 3 is 1.76 bits per heavy atom. The Balaban J connectivity index is 1.61. The lowest BCUT2D eigenvalue weighted by Crippen LogP contribution is -2.45. The van der Waals surface area contributed by atoms with Gasteiger partial charge < -0.3 is 18.9 Å². The molecule has 1 aromatic rings. The first-order chi connectivity index (χ1) is 17.9. The molecular formula is C33H54O4. The maximum atomic E-state index is 6.62. The number of hydrogen-bond donors (Lipinski definition) is 0. The summed E-state index contributed by atoms with van der Waals surface area (Å²) in [4.78, 5) is 0. The first-order valence-electron chi connectivity index (χ1n) is 15.5. The zero-order valence-electron chi connectivity index (χ0n) is 24.7. The van der Waals surface area contributed by atoms with E-state index >= 15 is 0 Å². The van der Waals surface area contributed by atoms with E-state index in [1.165, 1.54) is 55.2 Å². The second-order valence-corrected chi connectivity index (χ2v) is 12.6. The third-order valence-corrected chi connectivity index (χ3v) is 9.16. The predicted molar refractivity (Wildman–Crippen MR) is 152 cm³/mol. The quantitative estimate of drug-likeness (QED) is 0.212. The van der Waals surface area contributed by atoms with Crippen LogP contribution in [0.15, 0.2) is 12.1 Å². The van der Waals surface area contributed by atoms with Crippen LogP contribution >= 0.6 is 0 Å². The van der Waals surface area contributed by atoms with Crippen LogP contribution in [0.4, 0.5) is 0 Å². The number of ether oxygens (including phenoxy) is 4. The Bertz CT molecular complexity index is 798. The van der Waals surface area contributed by atoms with Crippen molar-refractivity contribution in [2.45, 2.75) is 129 Å². The van der Waals surface area contributed by atoms with Crippen molar-refractivity contribution in [3.05, 3.63) is 28.8 Å². The van der Waals surface area contributed by atoms with E-state index in [2.05, 4.69) is 53.7 Å². The summed E-state index contributed by atoms with van der Waals surface area (Å²) in [6.45, 7) is 17.5. The number of epoxide rings is 2. The minimum absolute atomic E-state index is 0.117. The molecule has 4 unspecified atom stereocenters. The Morgan fingerprint density at radius 2 is 1.30 bits per heavy atom. The molecule has 2 aliphatic heterocycles. The highest BCUT2D eigenvalue weighted by molar-refractivity contribution is 5.47. The Hall–Kier alpha value is -1.10. The van der Waals surface area contributed by atoms with Gasteiger partial charge >= 0.3 is 0 Å². The van der Waals surface area contributed by atoms with Gasteiger partial charge in [-0.1, -0.05) is 79.4 Å². The van der Waals surface area contributed by atoms with Gasteiger partial charge in [-0.05, 0) is 78.4 Å². The molecule has 4 rings (SSSR count). The van der Waals surface area contributed by atoms with Crippen LogP contribution in [0.25, 0.3) is 0 Å². The fraction of sp³-hybridized carbons (Fsp3) is 0.818. The monoisotopic (exact) mass is 514 g/mol. The van der Waals surface area contributed by atoms with Crippen molar-refractivity contribution < 1.29 is 18.9 Å². The van der Waals surface area contributed by atoms with Crippen LogP contribution in [0, 0.1) is 17.8 Å². The summed E-state index contributed by atoms with van der Waals surface area (Å²) in [5.74, 6) is 3.09. The van der Waals surface area contributed by atoms with Crippen LogP contribution in [0.3, 0.4) is 0 Å². The molecule has 1 aromatic carbocycles. The van der Waals surface area contributed by atoms with E-state index < -0.39 is 0 Å². The number of hydrogen-bond acceptors (Lipinski definition) is 4. The van der Waals surface area contributed by atoms with Gasteiger partial charge in [-0.25, -0.2) is 0 Å². The lowest BCUT2D eigenvalue weighted by Gasteiger charge is -2.48. The molecule has 37 heavy (non-hydrogen) atoms. The van der Waals surface area contributed by atoms with Gasteiger partial charge in [0.15, 0.2) is 0 Å². The minimum atomic E-state index is 0.117. The molecule has 1 saturated carbocycles. The molecular weight excluding hydrogens is 460 g/mol. The van der Waals surface area contributed by atoms with Crippen LogP contribution in [0.1, 0.15) is 110 Å². The van der Waals surface area contributed by atoms with E-state index in [4.69, 9.17) is 18.9 Å². The molecule has 0 radical (unpaired) electrons. The number of rotatable bonds is 16. The Morgan fingerprint density at radius 1 is 0.784 bits per heavy atom. The van der Waals surface area contributed by atoms with Gasteiger partial charge in [-0.15, -0.1) is 0 Å². The van der Waals surface area contributed by atoms with Crippen molar-refractivity contribution in [3.63, 3.8) is 0 Å². The summed E-state index contributed by atoms with van der Waals surface area (Å²) in [6, 6.07) is 5.00. The van der Waals surface area contributed by atoms with Gasteiger partial charge in [0.2, 0.25) is 0 Å². The molecule has 0 N–H and O–H groups in total. The molecule has 0 amide bonds. The van der Waals surface area contributed by atoms with Gasteiger partial charge in [0.1, 0.15) is 24.6 Å². The topological polar surface area (TPSA) is 43.5 Å². The lowest BCUT2D eigenvalue weighted by molar-refractivity contribution is -0.0785. The van der Waals surface area contributed by atoms with Crippen molar-refractivity contribution >= 4 is 0 Å². The van der Waals surface area contributed by atoms with Crippen molar-refractivity contribution in [2.75, 3.05) is 26.4 Å². The largest absolute Gasteiger partial charge is 0.490 e. The first kappa shape index (κ1) is 28.9. The minimum Gasteiger partial charge on any atom is -0.490 e. The summed E-state index contributed by atoms with van der Waals surface area (Å²) in [7, 11) is 0. The molecule has 3 fully saturated rings. The standard InChI is InChI=1S/C33H54O4/c1-7-11-23-15-27(16-24(12-8-2)31(23)36-21-29-19-34-29)33(5,6)28-17-25(13-9-3)32(26(18-28)14-10-4)37-22-30-20-35-30/h15-16,25-26,28-30,32H,7-14,17-22H2,1-6H3. The van der Waals surface area contributed by atoms with Crippen LogP contribution in [-0.2, 0) is 32.5 Å². The average Bonchev–Trinajstić information content (AvgIpc) is 3.79. The summed E-state index contributed by atoms with van der Waals surface area (Å²) < 4.78 is 24.0. The smallest absolute Gasteiger partial charge is 0.125 e. The average molecular weight is 515 g/mol. The Kier molecular flexibility index (Phi) is 10.4. The molecule has 0 bridgehead atoms. The third kappa shape index (κ3) is 7.51. The summed E-state index contributed by atoms with van der Waals surface area (Å²) >= 11 is 0.